The maximum Gasteiger partial charge on any atom is 0.220 e. The maximum atomic E-state index is 11.0. The quantitative estimate of drug-likeness (QED) is 0.714. The van der Waals surface area contributed by atoms with Crippen molar-refractivity contribution in [1.29, 1.82) is 0 Å². The van der Waals surface area contributed by atoms with Gasteiger partial charge in [0, 0.05) is 19.0 Å². The molecule has 2 saturated heterocycles. The van der Waals surface area contributed by atoms with E-state index in [1.54, 1.807) is 0 Å². The van der Waals surface area contributed by atoms with Crippen molar-refractivity contribution < 1.29 is 4.79 Å². The number of carbonyl (C=O) groups is 1. The molecular formula is C11H20N2O. The molecule has 0 spiro atoms. The molecule has 2 heterocycles. The molecule has 1 unspecified atom stereocenters. The number of nitrogens with zero attached hydrogens (tertiary/aromatic N) is 1. The summed E-state index contributed by atoms with van der Waals surface area (Å²) in [5, 5.41) is 3.03. The van der Waals surface area contributed by atoms with Gasteiger partial charge in [0.05, 0.1) is 0 Å². The van der Waals surface area contributed by atoms with Gasteiger partial charge in [-0.05, 0) is 38.3 Å². The van der Waals surface area contributed by atoms with Crippen LogP contribution in [0.3, 0.4) is 0 Å². The van der Waals surface area contributed by atoms with E-state index in [1.807, 2.05) is 0 Å². The lowest BCUT2D eigenvalue weighted by Crippen LogP contribution is -2.42. The maximum absolute atomic E-state index is 11.0. The van der Waals surface area contributed by atoms with Crippen LogP contribution in [-0.4, -0.2) is 36.5 Å². The third kappa shape index (κ3) is 2.47. The average Bonchev–Trinajstić information content (AvgIpc) is 2.56. The second-order valence-electron chi connectivity index (χ2n) is 4.79. The highest BCUT2D eigenvalue weighted by Gasteiger charge is 2.24. The lowest BCUT2D eigenvalue weighted by molar-refractivity contribution is -0.119. The fourth-order valence-electron chi connectivity index (χ4n) is 2.37. The van der Waals surface area contributed by atoms with E-state index in [0.717, 1.165) is 25.3 Å². The summed E-state index contributed by atoms with van der Waals surface area (Å²) in [6, 6.07) is 0.427. The van der Waals surface area contributed by atoms with Gasteiger partial charge in [0.15, 0.2) is 0 Å². The molecule has 14 heavy (non-hydrogen) atoms. The molecule has 80 valence electrons. The van der Waals surface area contributed by atoms with Crippen molar-refractivity contribution in [2.75, 3.05) is 19.6 Å². The molecule has 2 rings (SSSR count). The molecule has 1 N–H and O–H groups in total. The van der Waals surface area contributed by atoms with E-state index < -0.39 is 0 Å². The molecule has 0 aromatic rings. The minimum atomic E-state index is 0.236. The molecule has 0 bridgehead atoms. The van der Waals surface area contributed by atoms with Crippen molar-refractivity contribution in [2.24, 2.45) is 5.92 Å². The number of likely N-dealkylation sites (tertiary alicyclic amines) is 1. The Morgan fingerprint density at radius 3 is 2.64 bits per heavy atom. The van der Waals surface area contributed by atoms with Crippen LogP contribution in [0.4, 0.5) is 0 Å². The van der Waals surface area contributed by atoms with E-state index in [2.05, 4.69) is 17.1 Å². The van der Waals surface area contributed by atoms with Crippen LogP contribution >= 0.6 is 0 Å². The smallest absolute Gasteiger partial charge is 0.220 e. The summed E-state index contributed by atoms with van der Waals surface area (Å²) in [4.78, 5) is 13.5. The zero-order chi connectivity index (χ0) is 9.97. The van der Waals surface area contributed by atoms with Crippen molar-refractivity contribution in [3.63, 3.8) is 0 Å². The van der Waals surface area contributed by atoms with Gasteiger partial charge in [0.1, 0.15) is 0 Å². The number of piperidine rings is 1. The van der Waals surface area contributed by atoms with Crippen LogP contribution in [0.15, 0.2) is 0 Å². The molecule has 0 aliphatic carbocycles. The summed E-state index contributed by atoms with van der Waals surface area (Å²) in [7, 11) is 0. The Balaban J connectivity index is 1.72. The largest absolute Gasteiger partial charge is 0.352 e. The number of hydrogen-bond donors (Lipinski definition) is 1. The SMILES string of the molecule is CC1CCN(CC2CCC(=O)N2)CC1. The van der Waals surface area contributed by atoms with Crippen molar-refractivity contribution in [2.45, 2.75) is 38.6 Å². The van der Waals surface area contributed by atoms with Crippen LogP contribution in [0.1, 0.15) is 32.6 Å². The monoisotopic (exact) mass is 196 g/mol. The third-order valence-corrected chi connectivity index (χ3v) is 3.44. The Bertz CT molecular complexity index is 209. The number of nitrogens with one attached hydrogen (secondary N) is 1. The molecule has 0 radical (unpaired) electrons. The molecule has 3 heteroatoms. The summed E-state index contributed by atoms with van der Waals surface area (Å²) >= 11 is 0. The molecule has 1 amide bonds. The second kappa shape index (κ2) is 4.30. The minimum Gasteiger partial charge on any atom is -0.352 e. The fraction of sp³-hybridized carbons (Fsp3) is 0.909. The lowest BCUT2D eigenvalue weighted by atomic mass is 9.99. The van der Waals surface area contributed by atoms with E-state index in [9.17, 15) is 4.79 Å². The van der Waals surface area contributed by atoms with Crippen LogP contribution in [0.5, 0.6) is 0 Å². The van der Waals surface area contributed by atoms with Crippen molar-refractivity contribution in [3.05, 3.63) is 0 Å². The number of amides is 1. The van der Waals surface area contributed by atoms with Crippen molar-refractivity contribution >= 4 is 5.91 Å². The van der Waals surface area contributed by atoms with Crippen molar-refractivity contribution in [1.82, 2.24) is 10.2 Å². The number of carbonyl (C=O) groups excluding carboxylic acids is 1. The second-order valence-corrected chi connectivity index (χ2v) is 4.79. The average molecular weight is 196 g/mol. The zero-order valence-electron chi connectivity index (χ0n) is 8.96. The normalized spacial score (nSPS) is 30.6. The van der Waals surface area contributed by atoms with E-state index in [0.29, 0.717) is 6.04 Å². The minimum absolute atomic E-state index is 0.236. The van der Waals surface area contributed by atoms with Crippen LogP contribution < -0.4 is 5.32 Å². The van der Waals surface area contributed by atoms with Gasteiger partial charge in [0.2, 0.25) is 5.91 Å². The first-order valence-corrected chi connectivity index (χ1v) is 5.76. The summed E-state index contributed by atoms with van der Waals surface area (Å²) < 4.78 is 0. The molecule has 0 saturated carbocycles. The Hall–Kier alpha value is -0.570. The first-order chi connectivity index (χ1) is 6.74. The Kier molecular flexibility index (Phi) is 3.06. The van der Waals surface area contributed by atoms with Gasteiger partial charge in [-0.15, -0.1) is 0 Å². The zero-order valence-corrected chi connectivity index (χ0v) is 8.96. The van der Waals surface area contributed by atoms with Gasteiger partial charge in [0.25, 0.3) is 0 Å². The van der Waals surface area contributed by atoms with Gasteiger partial charge in [-0.3, -0.25) is 4.79 Å². The first-order valence-electron chi connectivity index (χ1n) is 5.76. The molecule has 0 aromatic heterocycles. The van der Waals surface area contributed by atoms with E-state index in [4.69, 9.17) is 0 Å². The van der Waals surface area contributed by atoms with E-state index >= 15 is 0 Å². The Morgan fingerprint density at radius 1 is 1.36 bits per heavy atom. The van der Waals surface area contributed by atoms with Crippen LogP contribution in [0.2, 0.25) is 0 Å². The summed E-state index contributed by atoms with van der Waals surface area (Å²) in [6.07, 6.45) is 4.40. The van der Waals surface area contributed by atoms with Gasteiger partial charge in [-0.2, -0.15) is 0 Å². The molecule has 2 aliphatic rings. The van der Waals surface area contributed by atoms with Gasteiger partial charge >= 0.3 is 0 Å². The lowest BCUT2D eigenvalue weighted by Gasteiger charge is -2.31. The molecule has 2 fully saturated rings. The predicted octanol–water partition coefficient (Wildman–Crippen LogP) is 0.997. The number of rotatable bonds is 2. The Morgan fingerprint density at radius 2 is 2.07 bits per heavy atom. The van der Waals surface area contributed by atoms with Crippen molar-refractivity contribution in [3.8, 4) is 0 Å². The van der Waals surface area contributed by atoms with Gasteiger partial charge < -0.3 is 10.2 Å². The van der Waals surface area contributed by atoms with E-state index in [1.165, 1.54) is 25.9 Å². The van der Waals surface area contributed by atoms with Crippen LogP contribution in [-0.2, 0) is 4.79 Å². The van der Waals surface area contributed by atoms with E-state index in [-0.39, 0.29) is 5.91 Å². The molecular weight excluding hydrogens is 176 g/mol. The highest BCUT2D eigenvalue weighted by Crippen LogP contribution is 2.17. The first kappa shape index (κ1) is 9.97. The highest BCUT2D eigenvalue weighted by atomic mass is 16.1. The molecule has 3 nitrogen and oxygen atoms in total. The van der Waals surface area contributed by atoms with Crippen LogP contribution in [0, 0.1) is 5.92 Å². The van der Waals surface area contributed by atoms with Gasteiger partial charge in [-0.25, -0.2) is 0 Å². The van der Waals surface area contributed by atoms with Gasteiger partial charge in [-0.1, -0.05) is 6.92 Å². The fourth-order valence-corrected chi connectivity index (χ4v) is 2.37. The molecule has 1 atom stereocenters. The summed E-state index contributed by atoms with van der Waals surface area (Å²) in [6.45, 7) is 5.83. The molecule has 2 aliphatic heterocycles. The summed E-state index contributed by atoms with van der Waals surface area (Å²) in [5.74, 6) is 1.13. The number of hydrogen-bond acceptors (Lipinski definition) is 2. The van der Waals surface area contributed by atoms with Crippen LogP contribution in [0.25, 0.3) is 0 Å². The Labute approximate surface area is 85.8 Å². The highest BCUT2D eigenvalue weighted by molar-refractivity contribution is 5.78. The third-order valence-electron chi connectivity index (χ3n) is 3.44. The predicted molar refractivity (Wildman–Crippen MR) is 56.0 cm³/mol. The standard InChI is InChI=1S/C11H20N2O/c1-9-4-6-13(7-5-9)8-10-2-3-11(14)12-10/h9-10H,2-8H2,1H3,(H,12,14). The topological polar surface area (TPSA) is 32.3 Å². The summed E-state index contributed by atoms with van der Waals surface area (Å²) in [5.41, 5.74) is 0. The molecule has 0 aromatic carbocycles.